The number of imidazole rings is 1. The van der Waals surface area contributed by atoms with Crippen LogP contribution in [-0.4, -0.2) is 78.3 Å². The van der Waals surface area contributed by atoms with Gasteiger partial charge in [0.1, 0.15) is 36.1 Å². The molecule has 298 valence electrons. The summed E-state index contributed by atoms with van der Waals surface area (Å²) in [5, 5.41) is 2.90. The Balaban J connectivity index is 1.22. The van der Waals surface area contributed by atoms with Crippen LogP contribution in [0, 0.1) is 18.3 Å². The molecule has 0 aliphatic carbocycles. The number of ether oxygens (including phenoxy) is 6. The van der Waals surface area contributed by atoms with E-state index < -0.39 is 24.0 Å². The van der Waals surface area contributed by atoms with Crippen LogP contribution in [0.15, 0.2) is 122 Å². The van der Waals surface area contributed by atoms with Gasteiger partial charge in [-0.25, -0.2) is 15.0 Å². The van der Waals surface area contributed by atoms with E-state index in [9.17, 15) is 4.79 Å². The Morgan fingerprint density at radius 3 is 2.09 bits per heavy atom. The summed E-state index contributed by atoms with van der Waals surface area (Å²) >= 11 is 0. The molecule has 6 aromatic rings. The summed E-state index contributed by atoms with van der Waals surface area (Å²) < 4.78 is 39.3. The van der Waals surface area contributed by atoms with Gasteiger partial charge in [-0.1, -0.05) is 85.6 Å². The second-order valence-electron chi connectivity index (χ2n) is 13.9. The van der Waals surface area contributed by atoms with Crippen LogP contribution < -0.4 is 14.8 Å². The molecular weight excluding hydrogens is 735 g/mol. The van der Waals surface area contributed by atoms with Gasteiger partial charge in [0.25, 0.3) is 5.91 Å². The van der Waals surface area contributed by atoms with Gasteiger partial charge in [0.15, 0.2) is 23.2 Å². The molecule has 0 bridgehead atoms. The number of fused-ring (bicyclic) bond motifs is 1. The number of hydrogen-bond acceptors (Lipinski definition) is 10. The third-order valence-electron chi connectivity index (χ3n) is 10.4. The predicted molar refractivity (Wildman–Crippen MR) is 220 cm³/mol. The zero-order chi connectivity index (χ0) is 40.3. The van der Waals surface area contributed by atoms with E-state index in [1.54, 1.807) is 44.8 Å². The largest absolute Gasteiger partial charge is 0.497 e. The molecule has 0 saturated carbocycles. The number of unbranched alkanes of at least 4 members (excludes halogenated alkanes) is 1. The topological polar surface area (TPSA) is 128 Å². The van der Waals surface area contributed by atoms with Crippen LogP contribution in [0.3, 0.4) is 0 Å². The molecule has 4 atom stereocenters. The minimum absolute atomic E-state index is 0.139. The second kappa shape index (κ2) is 18.9. The van der Waals surface area contributed by atoms with Crippen molar-refractivity contribution in [3.63, 3.8) is 0 Å². The number of rotatable bonds is 18. The van der Waals surface area contributed by atoms with Crippen molar-refractivity contribution >= 4 is 22.9 Å². The van der Waals surface area contributed by atoms with E-state index in [0.717, 1.165) is 41.0 Å². The number of nitrogens with one attached hydrogen (secondary N) is 1. The van der Waals surface area contributed by atoms with Crippen LogP contribution in [0.5, 0.6) is 11.5 Å². The number of benzene rings is 4. The van der Waals surface area contributed by atoms with E-state index in [0.29, 0.717) is 35.8 Å². The van der Waals surface area contributed by atoms with Gasteiger partial charge in [-0.15, -0.1) is 6.42 Å². The molecule has 1 amide bonds. The van der Waals surface area contributed by atoms with E-state index in [1.807, 2.05) is 77.4 Å². The highest BCUT2D eigenvalue weighted by Crippen LogP contribution is 2.44. The molecule has 0 radical (unpaired) electrons. The van der Waals surface area contributed by atoms with Crippen LogP contribution >= 0.6 is 0 Å². The quantitative estimate of drug-likeness (QED) is 0.0534. The predicted octanol–water partition coefficient (Wildman–Crippen LogP) is 7.45. The van der Waals surface area contributed by atoms with Crippen LogP contribution in [0.1, 0.15) is 53.0 Å². The van der Waals surface area contributed by atoms with E-state index >= 15 is 0 Å². The summed E-state index contributed by atoms with van der Waals surface area (Å²) in [5.74, 6) is 3.82. The lowest BCUT2D eigenvalue weighted by molar-refractivity contribution is -0.0938. The number of amides is 1. The lowest BCUT2D eigenvalue weighted by Gasteiger charge is -2.37. The average molecular weight is 782 g/mol. The van der Waals surface area contributed by atoms with Crippen LogP contribution in [0.2, 0.25) is 0 Å². The third kappa shape index (κ3) is 8.58. The van der Waals surface area contributed by atoms with Crippen molar-refractivity contribution in [3.05, 3.63) is 144 Å². The SMILES string of the molecule is C#CCOCCCCOC1C(C)C(COC(c2ccccc2)(c2ccc(OC)cc2)c2ccc(OC)cc2)OC1n1cnc2c(NC(=O)c3ccccc3)ncnc21. The molecule has 1 saturated heterocycles. The van der Waals surface area contributed by atoms with Crippen molar-refractivity contribution < 1.29 is 33.2 Å². The Kier molecular flexibility index (Phi) is 13.1. The van der Waals surface area contributed by atoms with E-state index in [-0.39, 0.29) is 25.0 Å². The summed E-state index contributed by atoms with van der Waals surface area (Å²) in [7, 11) is 3.30. The molecule has 2 aromatic heterocycles. The van der Waals surface area contributed by atoms with Crippen molar-refractivity contribution in [1.29, 1.82) is 0 Å². The molecule has 1 aliphatic rings. The number of aromatic nitrogens is 4. The van der Waals surface area contributed by atoms with Crippen LogP contribution in [0.25, 0.3) is 11.2 Å². The number of carbonyl (C=O) groups is 1. The first-order valence-electron chi connectivity index (χ1n) is 19.3. The van der Waals surface area contributed by atoms with Gasteiger partial charge in [-0.3, -0.25) is 9.36 Å². The number of terminal acetylenes is 1. The molecule has 1 N–H and O–H groups in total. The molecule has 1 fully saturated rings. The smallest absolute Gasteiger partial charge is 0.256 e. The minimum Gasteiger partial charge on any atom is -0.497 e. The molecule has 0 spiro atoms. The number of methoxy groups -OCH3 is 2. The molecule has 12 nitrogen and oxygen atoms in total. The van der Waals surface area contributed by atoms with Crippen molar-refractivity contribution in [3.8, 4) is 23.8 Å². The second-order valence-corrected chi connectivity index (χ2v) is 13.9. The van der Waals surface area contributed by atoms with Gasteiger partial charge in [-0.05, 0) is 65.9 Å². The highest BCUT2D eigenvalue weighted by atomic mass is 16.6. The summed E-state index contributed by atoms with van der Waals surface area (Å²) in [6.45, 7) is 3.60. The van der Waals surface area contributed by atoms with E-state index in [2.05, 4.69) is 45.2 Å². The maximum absolute atomic E-state index is 13.1. The molecule has 4 aromatic carbocycles. The van der Waals surface area contributed by atoms with Crippen LogP contribution in [0.4, 0.5) is 5.82 Å². The highest BCUT2D eigenvalue weighted by Gasteiger charge is 2.47. The maximum Gasteiger partial charge on any atom is 0.256 e. The van der Waals surface area contributed by atoms with Crippen molar-refractivity contribution in [2.75, 3.05) is 46.0 Å². The fourth-order valence-electron chi connectivity index (χ4n) is 7.34. The molecule has 4 unspecified atom stereocenters. The maximum atomic E-state index is 13.1. The Morgan fingerprint density at radius 1 is 0.828 bits per heavy atom. The van der Waals surface area contributed by atoms with Gasteiger partial charge >= 0.3 is 0 Å². The third-order valence-corrected chi connectivity index (χ3v) is 10.4. The molecular formula is C46H47N5O7. The molecule has 12 heteroatoms. The van der Waals surface area contributed by atoms with Gasteiger partial charge < -0.3 is 33.7 Å². The monoisotopic (exact) mass is 781 g/mol. The lowest BCUT2D eigenvalue weighted by atomic mass is 9.80. The number of nitrogens with zero attached hydrogens (tertiary/aromatic N) is 4. The average Bonchev–Trinajstić information content (AvgIpc) is 3.85. The molecule has 3 heterocycles. The first-order valence-corrected chi connectivity index (χ1v) is 19.3. The van der Waals surface area contributed by atoms with E-state index in [1.165, 1.54) is 6.33 Å². The summed E-state index contributed by atoms with van der Waals surface area (Å²) in [5.41, 5.74) is 3.13. The van der Waals surface area contributed by atoms with Gasteiger partial charge in [-0.2, -0.15) is 0 Å². The fraction of sp³-hybridized carbons (Fsp3) is 0.304. The van der Waals surface area contributed by atoms with Gasteiger partial charge in [0, 0.05) is 24.7 Å². The minimum atomic E-state index is -1.05. The summed E-state index contributed by atoms with van der Waals surface area (Å²) in [4.78, 5) is 26.8. The zero-order valence-corrected chi connectivity index (χ0v) is 32.8. The Labute approximate surface area is 338 Å². The normalized spacial score (nSPS) is 17.8. The first kappa shape index (κ1) is 40.1. The van der Waals surface area contributed by atoms with E-state index in [4.69, 9.17) is 34.8 Å². The van der Waals surface area contributed by atoms with Crippen molar-refractivity contribution in [2.45, 2.75) is 43.8 Å². The standard InChI is InChI=1S/C46H47N5O7/c1-5-26-55-27-12-13-28-56-41-32(2)39(58-45(41)51-31-49-40-42(47-30-48-43(40)51)50-44(52)33-14-8-6-9-15-33)29-57-46(34-16-10-7-11-17-34,35-18-22-37(53-3)23-19-35)36-20-24-38(54-4)25-21-36/h1,6-11,14-25,30-32,39,41,45H,12-13,26-29H2,2-4H3,(H,47,48,50,52). The Hall–Kier alpha value is -6.10. The molecule has 1 aliphatic heterocycles. The van der Waals surface area contributed by atoms with Crippen molar-refractivity contribution in [2.24, 2.45) is 5.92 Å². The number of anilines is 1. The Morgan fingerprint density at radius 2 is 1.45 bits per heavy atom. The number of hydrogen-bond donors (Lipinski definition) is 1. The summed E-state index contributed by atoms with van der Waals surface area (Å²) in [6, 6.07) is 35.0. The highest BCUT2D eigenvalue weighted by molar-refractivity contribution is 6.06. The van der Waals surface area contributed by atoms with Crippen molar-refractivity contribution in [1.82, 2.24) is 19.5 Å². The van der Waals surface area contributed by atoms with Gasteiger partial charge in [0.05, 0.1) is 33.3 Å². The number of carbonyl (C=O) groups excluding carboxylic acids is 1. The molecule has 7 rings (SSSR count). The molecule has 58 heavy (non-hydrogen) atoms. The zero-order valence-electron chi connectivity index (χ0n) is 32.8. The van der Waals surface area contributed by atoms with Gasteiger partial charge in [0.2, 0.25) is 0 Å². The Bertz CT molecular complexity index is 2230. The fourth-order valence-corrected chi connectivity index (χ4v) is 7.34. The summed E-state index contributed by atoms with van der Waals surface area (Å²) in [6.07, 6.45) is 8.48. The van der Waals surface area contributed by atoms with Crippen LogP contribution in [-0.2, 0) is 24.5 Å². The lowest BCUT2D eigenvalue weighted by Crippen LogP contribution is -2.37. The first-order chi connectivity index (χ1) is 28.5.